The molecule has 372 valence electrons. The van der Waals surface area contributed by atoms with Gasteiger partial charge in [-0.05, 0) is 107 Å². The third kappa shape index (κ3) is 8.61. The van der Waals surface area contributed by atoms with Crippen molar-refractivity contribution in [1.82, 2.24) is 24.8 Å². The number of benzene rings is 3. The van der Waals surface area contributed by atoms with E-state index in [9.17, 15) is 13.6 Å². The monoisotopic (exact) mass is 975 g/mol. The molecule has 10 rings (SSSR count). The van der Waals surface area contributed by atoms with Gasteiger partial charge in [0.05, 0.1) is 50.0 Å². The molecule has 5 aliphatic rings. The summed E-state index contributed by atoms with van der Waals surface area (Å²) in [6, 6.07) is 15.5. The fourth-order valence-corrected chi connectivity index (χ4v) is 11.2. The molecule has 5 atom stereocenters. The van der Waals surface area contributed by atoms with E-state index in [1.807, 2.05) is 34.1 Å². The Kier molecular flexibility index (Phi) is 11.7. The summed E-state index contributed by atoms with van der Waals surface area (Å²) < 4.78 is 124. The summed E-state index contributed by atoms with van der Waals surface area (Å²) in [4.78, 5) is 35.0. The van der Waals surface area contributed by atoms with Crippen molar-refractivity contribution < 1.29 is 54.8 Å². The number of aryl methyl sites for hydroxylation is 1. The zero-order valence-electron chi connectivity index (χ0n) is 40.0. The molecule has 0 aliphatic carbocycles. The van der Waals surface area contributed by atoms with Gasteiger partial charge in [0, 0.05) is 43.9 Å². The number of fused-ring (bicyclic) bond motifs is 6. The van der Waals surface area contributed by atoms with Crippen LogP contribution in [0.1, 0.15) is 75.6 Å². The smallest absolute Gasteiger partial charge is 0.417 e. The first-order valence-corrected chi connectivity index (χ1v) is 23.5. The van der Waals surface area contributed by atoms with Crippen molar-refractivity contribution in [2.75, 3.05) is 50.3 Å². The number of aromatic nitrogens is 3. The van der Waals surface area contributed by atoms with Crippen LogP contribution in [0.4, 0.5) is 42.6 Å². The highest BCUT2D eigenvalue weighted by molar-refractivity contribution is 5.98. The maximum Gasteiger partial charge on any atom is 0.417 e. The van der Waals surface area contributed by atoms with Crippen LogP contribution in [0, 0.1) is 12.7 Å². The number of methoxy groups -OCH3 is 2. The van der Waals surface area contributed by atoms with Crippen LogP contribution < -0.4 is 28.7 Å². The van der Waals surface area contributed by atoms with E-state index < -0.39 is 88.6 Å². The number of anilines is 2. The molecule has 0 spiro atoms. The van der Waals surface area contributed by atoms with Crippen molar-refractivity contribution in [3.8, 4) is 34.6 Å². The van der Waals surface area contributed by atoms with Gasteiger partial charge in [0.15, 0.2) is 5.82 Å². The lowest BCUT2D eigenvalue weighted by Gasteiger charge is -2.48. The van der Waals surface area contributed by atoms with Gasteiger partial charge < -0.3 is 33.5 Å². The van der Waals surface area contributed by atoms with Crippen molar-refractivity contribution in [1.29, 1.82) is 0 Å². The molecule has 19 heteroatoms. The average Bonchev–Trinajstić information content (AvgIpc) is 3.65. The van der Waals surface area contributed by atoms with Gasteiger partial charge in [0.1, 0.15) is 52.2 Å². The highest BCUT2D eigenvalue weighted by Crippen LogP contribution is 2.51. The molecule has 4 saturated heterocycles. The van der Waals surface area contributed by atoms with E-state index in [1.165, 1.54) is 19.1 Å². The second kappa shape index (κ2) is 17.3. The van der Waals surface area contributed by atoms with Crippen LogP contribution in [-0.2, 0) is 24.0 Å². The third-order valence-electron chi connectivity index (χ3n) is 14.4. The lowest BCUT2D eigenvalue weighted by atomic mass is 9.85. The fourth-order valence-electron chi connectivity index (χ4n) is 11.2. The lowest BCUT2D eigenvalue weighted by Crippen LogP contribution is -2.65. The van der Waals surface area contributed by atoms with Crippen LogP contribution in [0.2, 0.25) is 0 Å². The van der Waals surface area contributed by atoms with Crippen molar-refractivity contribution >= 4 is 28.5 Å². The summed E-state index contributed by atoms with van der Waals surface area (Å²) in [5.74, 6) is -2.94. The first kappa shape index (κ1) is 47.4. The Hall–Kier alpha value is -6.24. The number of carbonyl (C=O) groups excluding carboxylic acids is 1. The van der Waals surface area contributed by atoms with E-state index >= 15 is 17.6 Å². The van der Waals surface area contributed by atoms with Crippen LogP contribution in [-0.4, -0.2) is 113 Å². The topological polar surface area (TPSA) is 115 Å². The summed E-state index contributed by atoms with van der Waals surface area (Å²) in [5, 5.41) is 0.00553. The minimum atomic E-state index is -4.98. The van der Waals surface area contributed by atoms with Gasteiger partial charge in [-0.1, -0.05) is 24.3 Å². The Balaban J connectivity index is 1.13. The molecule has 3 aromatic carbocycles. The van der Waals surface area contributed by atoms with E-state index in [1.54, 1.807) is 76.0 Å². The van der Waals surface area contributed by atoms with Crippen molar-refractivity contribution in [2.45, 2.75) is 121 Å². The van der Waals surface area contributed by atoms with Gasteiger partial charge in [-0.2, -0.15) is 23.1 Å². The van der Waals surface area contributed by atoms with Crippen LogP contribution in [0.3, 0.4) is 0 Å². The molecule has 4 fully saturated rings. The Morgan fingerprint density at radius 3 is 2.16 bits per heavy atom. The Labute approximate surface area is 401 Å². The minimum absolute atomic E-state index is 0.00553. The van der Waals surface area contributed by atoms with Crippen LogP contribution in [0.25, 0.3) is 22.2 Å². The van der Waals surface area contributed by atoms with Gasteiger partial charge >= 0.3 is 18.3 Å². The number of halogens is 6. The number of rotatable bonds is 11. The molecule has 0 radical (unpaired) electrons. The second-order valence-electron chi connectivity index (χ2n) is 20.2. The summed E-state index contributed by atoms with van der Waals surface area (Å²) in [5.41, 5.74) is -2.73. The zero-order valence-corrected chi connectivity index (χ0v) is 40.0. The van der Waals surface area contributed by atoms with E-state index in [0.29, 0.717) is 43.0 Å². The minimum Gasteiger partial charge on any atom is -0.497 e. The quantitative estimate of drug-likeness (QED) is 0.117. The van der Waals surface area contributed by atoms with Gasteiger partial charge in [-0.15, -0.1) is 0 Å². The van der Waals surface area contributed by atoms with Gasteiger partial charge in [0.2, 0.25) is 5.88 Å². The first-order chi connectivity index (χ1) is 33.1. The molecule has 1 amide bonds. The SMILES string of the molecule is COc1ccc(CN(Cc2ccc(OC)cc2)c2cc(C)c(C(F)(F)F)c(-c3nc4c5c(nc(OC[C@]67CCN6CC(F)(F)C7)nc5c3F)N3C[C@H]5CC[C@@H]([C@H]3[C@H](C)O4)N5C(=O)OC(C)(C)C)c2)cc1. The summed E-state index contributed by atoms with van der Waals surface area (Å²) in [7, 11) is 3.10. The number of alkyl halides is 5. The maximum absolute atomic E-state index is 18.0. The normalized spacial score (nSPS) is 23.5. The lowest BCUT2D eigenvalue weighted by molar-refractivity contribution is -0.137. The summed E-state index contributed by atoms with van der Waals surface area (Å²) in [6.07, 6.45) is -5.09. The van der Waals surface area contributed by atoms with Crippen LogP contribution in [0.5, 0.6) is 23.4 Å². The predicted molar refractivity (Wildman–Crippen MR) is 248 cm³/mol. The Morgan fingerprint density at radius 2 is 1.59 bits per heavy atom. The number of amides is 1. The standard InChI is InChI=1S/C51H55F6N7O6/c1-28-20-33(61(22-30-8-13-34(66-6)14-9-30)23-31-10-15-35(67-7)16-11-31)21-36(39(28)51(55,56)57)41-40(52)42-38-44(60-46(59-42)68-27-49-18-19-62(49)26-50(53,54)25-49)63-24-32-12-17-37(43(63)29(2)69-45(38)58-41)64(32)47(65)70-48(3,4)5/h8-11,13-16,20-21,29,32,37,43H,12,17-19,22-27H2,1-7H3/t29-,32+,37-,43+,49+/m0/s1. The first-order valence-electron chi connectivity index (χ1n) is 23.5. The van der Waals surface area contributed by atoms with Crippen LogP contribution >= 0.6 is 0 Å². The van der Waals surface area contributed by atoms with Crippen molar-refractivity contribution in [3.63, 3.8) is 0 Å². The molecule has 7 heterocycles. The van der Waals surface area contributed by atoms with E-state index in [0.717, 1.165) is 11.1 Å². The summed E-state index contributed by atoms with van der Waals surface area (Å²) >= 11 is 0. The molecule has 0 unspecified atom stereocenters. The molecule has 5 aliphatic heterocycles. The number of nitrogens with zero attached hydrogens (tertiary/aromatic N) is 7. The molecule has 2 bridgehead atoms. The Morgan fingerprint density at radius 1 is 0.929 bits per heavy atom. The number of ether oxygens (including phenoxy) is 5. The number of pyridine rings is 1. The Bertz CT molecular complexity index is 2780. The third-order valence-corrected chi connectivity index (χ3v) is 14.4. The van der Waals surface area contributed by atoms with Gasteiger partial charge in [-0.25, -0.2) is 22.9 Å². The molecular weight excluding hydrogens is 921 g/mol. The predicted octanol–water partition coefficient (Wildman–Crippen LogP) is 9.98. The average molecular weight is 976 g/mol. The molecule has 5 aromatic rings. The van der Waals surface area contributed by atoms with Gasteiger partial charge in [-0.3, -0.25) is 9.80 Å². The molecular formula is C51H55F6N7O6. The highest BCUT2D eigenvalue weighted by atomic mass is 19.4. The van der Waals surface area contributed by atoms with E-state index in [4.69, 9.17) is 28.7 Å². The number of carbonyl (C=O) groups is 1. The van der Waals surface area contributed by atoms with E-state index in [2.05, 4.69) is 9.97 Å². The molecule has 70 heavy (non-hydrogen) atoms. The van der Waals surface area contributed by atoms with Crippen LogP contribution in [0.15, 0.2) is 60.7 Å². The zero-order chi connectivity index (χ0) is 49.7. The molecule has 0 N–H and O–H groups in total. The largest absolute Gasteiger partial charge is 0.497 e. The fraction of sp³-hybridized carbons (Fsp3) is 0.490. The molecule has 13 nitrogen and oxygen atoms in total. The van der Waals surface area contributed by atoms with Crippen molar-refractivity contribution in [2.24, 2.45) is 0 Å². The van der Waals surface area contributed by atoms with Gasteiger partial charge in [0.25, 0.3) is 5.92 Å². The van der Waals surface area contributed by atoms with Crippen molar-refractivity contribution in [3.05, 3.63) is 88.7 Å². The molecule has 0 saturated carbocycles. The number of hydrogen-bond acceptors (Lipinski definition) is 12. The number of piperazine rings is 1. The number of hydrogen-bond donors (Lipinski definition) is 0. The second-order valence-corrected chi connectivity index (χ2v) is 20.2. The highest BCUT2D eigenvalue weighted by Gasteiger charge is 2.60. The van der Waals surface area contributed by atoms with E-state index in [-0.39, 0.29) is 60.9 Å². The summed E-state index contributed by atoms with van der Waals surface area (Å²) in [6.45, 7) is 8.93. The molecule has 2 aromatic heterocycles. The maximum atomic E-state index is 18.0.